The number of nitrogens with one attached hydrogen (secondary N) is 2. The van der Waals surface area contributed by atoms with Gasteiger partial charge in [-0.3, -0.25) is 0 Å². The molecule has 2 amide bonds. The summed E-state index contributed by atoms with van der Waals surface area (Å²) in [5.74, 6) is 0.697. The molecule has 0 aliphatic heterocycles. The molecule has 0 aromatic heterocycles. The van der Waals surface area contributed by atoms with Gasteiger partial charge in [-0.05, 0) is 68.1 Å². The van der Waals surface area contributed by atoms with Crippen LogP contribution in [0.1, 0.15) is 36.8 Å². The zero-order chi connectivity index (χ0) is 20.9. The number of amides is 2. The second kappa shape index (κ2) is 8.86. The van der Waals surface area contributed by atoms with E-state index in [1.54, 1.807) is 24.3 Å². The summed E-state index contributed by atoms with van der Waals surface area (Å²) >= 11 is 0. The summed E-state index contributed by atoms with van der Waals surface area (Å²) in [4.78, 5) is 12.1. The van der Waals surface area contributed by atoms with Crippen LogP contribution in [-0.2, 0) is 6.18 Å². The Labute approximate surface area is 166 Å². The molecule has 0 spiro atoms. The number of alkyl halides is 3. The molecule has 3 rings (SSSR count). The average molecular weight is 403 g/mol. The van der Waals surface area contributed by atoms with Crippen molar-refractivity contribution in [2.75, 3.05) is 5.32 Å². The van der Waals surface area contributed by atoms with Crippen LogP contribution >= 0.6 is 0 Å². The van der Waals surface area contributed by atoms with Gasteiger partial charge in [0.1, 0.15) is 5.75 Å². The van der Waals surface area contributed by atoms with Crippen LogP contribution in [0.5, 0.6) is 5.75 Å². The highest BCUT2D eigenvalue weighted by Gasteiger charge is 2.30. The lowest BCUT2D eigenvalue weighted by molar-refractivity contribution is -0.137. The van der Waals surface area contributed by atoms with E-state index in [1.165, 1.54) is 12.1 Å². The van der Waals surface area contributed by atoms with Crippen LogP contribution in [0.15, 0.2) is 48.5 Å². The molecule has 5 nitrogen and oxygen atoms in total. The molecular weight excluding hydrogens is 383 g/mol. The fraction of sp³-hybridized carbons (Fsp3) is 0.333. The van der Waals surface area contributed by atoms with E-state index in [9.17, 15) is 18.0 Å². The maximum Gasteiger partial charge on any atom is 0.416 e. The standard InChI is InChI=1S/C21H20F3N3O2/c22-21(23,24)15-2-1-3-17(12-15)27-20(28)26-16-6-10-19(11-7-16)29-18-8-4-14(13-25)5-9-18/h1-5,8-9,12,16,19H,6-7,10-11H2,(H2,26,27,28)/t16-,19-. The van der Waals surface area contributed by atoms with Crippen LogP contribution in [0.4, 0.5) is 23.7 Å². The number of nitriles is 1. The molecule has 1 aliphatic rings. The number of benzene rings is 2. The molecule has 0 atom stereocenters. The van der Waals surface area contributed by atoms with E-state index < -0.39 is 17.8 Å². The van der Waals surface area contributed by atoms with Gasteiger partial charge in [-0.2, -0.15) is 18.4 Å². The van der Waals surface area contributed by atoms with E-state index >= 15 is 0 Å². The Kier molecular flexibility index (Phi) is 6.27. The third kappa shape index (κ3) is 5.88. The van der Waals surface area contributed by atoms with Gasteiger partial charge < -0.3 is 15.4 Å². The zero-order valence-corrected chi connectivity index (χ0v) is 15.5. The molecule has 1 fully saturated rings. The van der Waals surface area contributed by atoms with Crippen molar-refractivity contribution in [1.82, 2.24) is 5.32 Å². The van der Waals surface area contributed by atoms with Gasteiger partial charge in [-0.1, -0.05) is 6.07 Å². The second-order valence-electron chi connectivity index (χ2n) is 6.90. The van der Waals surface area contributed by atoms with E-state index in [0.717, 1.165) is 25.0 Å². The molecule has 0 radical (unpaired) electrons. The maximum atomic E-state index is 12.8. The minimum atomic E-state index is -4.46. The number of halogens is 3. The lowest BCUT2D eigenvalue weighted by Gasteiger charge is -2.29. The summed E-state index contributed by atoms with van der Waals surface area (Å²) in [5, 5.41) is 14.1. The minimum Gasteiger partial charge on any atom is -0.490 e. The minimum absolute atomic E-state index is 0.0208. The Morgan fingerprint density at radius 3 is 2.38 bits per heavy atom. The summed E-state index contributed by atoms with van der Waals surface area (Å²) in [6.07, 6.45) is -1.54. The van der Waals surface area contributed by atoms with Crippen LogP contribution < -0.4 is 15.4 Å². The van der Waals surface area contributed by atoms with Gasteiger partial charge in [0.15, 0.2) is 0 Å². The highest BCUT2D eigenvalue weighted by atomic mass is 19.4. The molecule has 1 aliphatic carbocycles. The van der Waals surface area contributed by atoms with Gasteiger partial charge >= 0.3 is 12.2 Å². The van der Waals surface area contributed by atoms with Crippen LogP contribution in [0.2, 0.25) is 0 Å². The monoisotopic (exact) mass is 403 g/mol. The Bertz CT molecular complexity index is 883. The summed E-state index contributed by atoms with van der Waals surface area (Å²) in [5.41, 5.74) is -0.150. The van der Waals surface area contributed by atoms with Crippen molar-refractivity contribution in [3.8, 4) is 11.8 Å². The van der Waals surface area contributed by atoms with Crippen LogP contribution in [0, 0.1) is 11.3 Å². The number of ether oxygens (including phenoxy) is 1. The number of rotatable bonds is 4. The van der Waals surface area contributed by atoms with Gasteiger partial charge in [-0.25, -0.2) is 4.79 Å². The van der Waals surface area contributed by atoms with E-state index in [4.69, 9.17) is 10.00 Å². The molecule has 0 bridgehead atoms. The van der Waals surface area contributed by atoms with Crippen LogP contribution in [0.3, 0.4) is 0 Å². The molecule has 29 heavy (non-hydrogen) atoms. The number of carbonyl (C=O) groups is 1. The number of carbonyl (C=O) groups excluding carboxylic acids is 1. The van der Waals surface area contributed by atoms with Crippen molar-refractivity contribution in [3.05, 3.63) is 59.7 Å². The molecule has 2 aromatic rings. The van der Waals surface area contributed by atoms with Gasteiger partial charge in [0.05, 0.1) is 23.3 Å². The SMILES string of the molecule is N#Cc1ccc(O[C@H]2CC[C@H](NC(=O)Nc3cccc(C(F)(F)F)c3)CC2)cc1. The Balaban J connectivity index is 1.45. The number of hydrogen-bond acceptors (Lipinski definition) is 3. The summed E-state index contributed by atoms with van der Waals surface area (Å²) < 4.78 is 44.2. The summed E-state index contributed by atoms with van der Waals surface area (Å²) in [6, 6.07) is 12.9. The predicted octanol–water partition coefficient (Wildman–Crippen LogP) is 5.09. The Morgan fingerprint density at radius 2 is 1.76 bits per heavy atom. The van der Waals surface area contributed by atoms with E-state index in [0.29, 0.717) is 24.2 Å². The first-order valence-electron chi connectivity index (χ1n) is 9.25. The normalized spacial score (nSPS) is 19.1. The Hall–Kier alpha value is -3.21. The molecule has 0 unspecified atom stereocenters. The van der Waals surface area contributed by atoms with Crippen molar-refractivity contribution in [2.24, 2.45) is 0 Å². The number of hydrogen-bond donors (Lipinski definition) is 2. The van der Waals surface area contributed by atoms with Crippen molar-refractivity contribution in [2.45, 2.75) is 44.0 Å². The van der Waals surface area contributed by atoms with Crippen molar-refractivity contribution >= 4 is 11.7 Å². The van der Waals surface area contributed by atoms with E-state index in [1.807, 2.05) is 0 Å². The summed E-state index contributed by atoms with van der Waals surface area (Å²) in [7, 11) is 0. The van der Waals surface area contributed by atoms with E-state index in [2.05, 4.69) is 16.7 Å². The number of anilines is 1. The first kappa shape index (κ1) is 20.5. The molecular formula is C21H20F3N3O2. The van der Waals surface area contributed by atoms with Crippen LogP contribution in [0.25, 0.3) is 0 Å². The maximum absolute atomic E-state index is 12.8. The number of urea groups is 1. The topological polar surface area (TPSA) is 74.1 Å². The zero-order valence-electron chi connectivity index (χ0n) is 15.5. The molecule has 1 saturated carbocycles. The van der Waals surface area contributed by atoms with E-state index in [-0.39, 0.29) is 17.8 Å². The second-order valence-corrected chi connectivity index (χ2v) is 6.90. The molecule has 0 heterocycles. The first-order chi connectivity index (χ1) is 13.8. The third-order valence-electron chi connectivity index (χ3n) is 4.74. The fourth-order valence-electron chi connectivity index (χ4n) is 3.25. The molecule has 2 N–H and O–H groups in total. The van der Waals surface area contributed by atoms with Gasteiger partial charge in [0.2, 0.25) is 0 Å². The quantitative estimate of drug-likeness (QED) is 0.747. The Morgan fingerprint density at radius 1 is 1.07 bits per heavy atom. The highest BCUT2D eigenvalue weighted by Crippen LogP contribution is 2.30. The summed E-state index contributed by atoms with van der Waals surface area (Å²) in [6.45, 7) is 0. The largest absolute Gasteiger partial charge is 0.490 e. The molecule has 8 heteroatoms. The molecule has 0 saturated heterocycles. The van der Waals surface area contributed by atoms with Gasteiger partial charge in [0.25, 0.3) is 0 Å². The fourth-order valence-corrected chi connectivity index (χ4v) is 3.25. The van der Waals surface area contributed by atoms with Crippen molar-refractivity contribution in [3.63, 3.8) is 0 Å². The molecule has 152 valence electrons. The smallest absolute Gasteiger partial charge is 0.416 e. The van der Waals surface area contributed by atoms with Crippen molar-refractivity contribution in [1.29, 1.82) is 5.26 Å². The lowest BCUT2D eigenvalue weighted by atomic mass is 9.93. The number of nitrogens with zero attached hydrogens (tertiary/aromatic N) is 1. The lowest BCUT2D eigenvalue weighted by Crippen LogP contribution is -2.41. The predicted molar refractivity (Wildman–Crippen MR) is 101 cm³/mol. The van der Waals surface area contributed by atoms with Crippen LogP contribution in [-0.4, -0.2) is 18.2 Å². The third-order valence-corrected chi connectivity index (χ3v) is 4.74. The highest BCUT2D eigenvalue weighted by molar-refractivity contribution is 5.89. The average Bonchev–Trinajstić information content (AvgIpc) is 2.69. The first-order valence-corrected chi connectivity index (χ1v) is 9.25. The van der Waals surface area contributed by atoms with Gasteiger partial charge in [-0.15, -0.1) is 0 Å². The van der Waals surface area contributed by atoms with Gasteiger partial charge in [0, 0.05) is 11.7 Å². The molecule has 2 aromatic carbocycles. The van der Waals surface area contributed by atoms with Crippen molar-refractivity contribution < 1.29 is 22.7 Å².